The summed E-state index contributed by atoms with van der Waals surface area (Å²) in [7, 11) is 1.57. The molecule has 2 aromatic rings. The standard InChI is InChI=1S/C16H22N4O5/c1-24-11-4-2-9(3-5-11)16-13(20-7-10(6-17)18-19-20)15(23)14(22)12(8-21)25-16/h2-5,7,12-16,21-23H,6,8,17H2,1H3/t12-,13-,14+,15-,16+/m1/s1. The van der Waals surface area contributed by atoms with Crippen LogP contribution < -0.4 is 10.5 Å². The van der Waals surface area contributed by atoms with E-state index in [4.69, 9.17) is 15.2 Å². The normalized spacial score (nSPS) is 29.6. The average Bonchev–Trinajstić information content (AvgIpc) is 3.12. The Labute approximate surface area is 144 Å². The SMILES string of the molecule is COc1ccc([C@@H]2O[C@H](CO)[C@H](O)[C@H](O)[C@H]2n2cc(CN)nn2)cc1. The van der Waals surface area contributed by atoms with Crippen LogP contribution in [0.25, 0.3) is 0 Å². The summed E-state index contributed by atoms with van der Waals surface area (Å²) >= 11 is 0. The molecule has 0 aliphatic carbocycles. The van der Waals surface area contributed by atoms with Gasteiger partial charge in [-0.3, -0.25) is 0 Å². The fourth-order valence-corrected chi connectivity index (χ4v) is 3.02. The van der Waals surface area contributed by atoms with Crippen LogP contribution in [0.15, 0.2) is 30.5 Å². The molecule has 0 bridgehead atoms. The third kappa shape index (κ3) is 3.37. The van der Waals surface area contributed by atoms with Crippen LogP contribution in [-0.2, 0) is 11.3 Å². The highest BCUT2D eigenvalue weighted by Crippen LogP contribution is 2.40. The Morgan fingerprint density at radius 3 is 2.52 bits per heavy atom. The van der Waals surface area contributed by atoms with Crippen molar-refractivity contribution >= 4 is 0 Å². The van der Waals surface area contributed by atoms with E-state index in [1.807, 2.05) is 0 Å². The van der Waals surface area contributed by atoms with Crippen molar-refractivity contribution in [3.05, 3.63) is 41.7 Å². The molecule has 0 spiro atoms. The van der Waals surface area contributed by atoms with Crippen molar-refractivity contribution in [3.63, 3.8) is 0 Å². The topological polar surface area (TPSA) is 136 Å². The molecule has 1 aromatic heterocycles. The second-order valence-corrected chi connectivity index (χ2v) is 5.92. The van der Waals surface area contributed by atoms with Crippen LogP contribution in [0.4, 0.5) is 0 Å². The first-order chi connectivity index (χ1) is 12.1. The summed E-state index contributed by atoms with van der Waals surface area (Å²) in [5.74, 6) is 0.682. The molecule has 1 saturated heterocycles. The summed E-state index contributed by atoms with van der Waals surface area (Å²) in [4.78, 5) is 0. The van der Waals surface area contributed by atoms with Crippen LogP contribution in [0.2, 0.25) is 0 Å². The molecule has 0 unspecified atom stereocenters. The molecule has 5 atom stereocenters. The molecule has 5 N–H and O–H groups in total. The Hall–Kier alpha value is -2.04. The first-order valence-corrected chi connectivity index (χ1v) is 7.96. The highest BCUT2D eigenvalue weighted by Gasteiger charge is 2.46. The van der Waals surface area contributed by atoms with E-state index in [0.717, 1.165) is 5.56 Å². The Balaban J connectivity index is 1.99. The summed E-state index contributed by atoms with van der Waals surface area (Å²) in [6.45, 7) is -0.207. The number of benzene rings is 1. The summed E-state index contributed by atoms with van der Waals surface area (Å²) in [5, 5.41) is 38.3. The minimum Gasteiger partial charge on any atom is -0.497 e. The maximum Gasteiger partial charge on any atom is 0.118 e. The van der Waals surface area contributed by atoms with Gasteiger partial charge in [0.1, 0.15) is 36.2 Å². The number of hydrogen-bond acceptors (Lipinski definition) is 8. The average molecular weight is 350 g/mol. The number of hydrogen-bond donors (Lipinski definition) is 4. The summed E-state index contributed by atoms with van der Waals surface area (Å²) < 4.78 is 12.5. The van der Waals surface area contributed by atoms with E-state index >= 15 is 0 Å². The van der Waals surface area contributed by atoms with Crippen molar-refractivity contribution in [2.24, 2.45) is 5.73 Å². The molecule has 0 saturated carbocycles. The molecule has 1 fully saturated rings. The molecular weight excluding hydrogens is 328 g/mol. The zero-order valence-corrected chi connectivity index (χ0v) is 13.8. The van der Waals surface area contributed by atoms with Gasteiger partial charge < -0.3 is 30.5 Å². The monoisotopic (exact) mass is 350 g/mol. The number of nitrogens with two attached hydrogens (primary N) is 1. The number of aliphatic hydroxyl groups is 3. The molecule has 9 nitrogen and oxygen atoms in total. The van der Waals surface area contributed by atoms with Crippen molar-refractivity contribution in [2.45, 2.75) is 37.0 Å². The van der Waals surface area contributed by atoms with Gasteiger partial charge in [-0.25, -0.2) is 4.68 Å². The van der Waals surface area contributed by atoms with Gasteiger partial charge in [-0.2, -0.15) is 0 Å². The second-order valence-electron chi connectivity index (χ2n) is 5.92. The lowest BCUT2D eigenvalue weighted by Crippen LogP contribution is -2.53. The summed E-state index contributed by atoms with van der Waals surface area (Å²) in [5.41, 5.74) is 6.88. The van der Waals surface area contributed by atoms with Gasteiger partial charge in [-0.1, -0.05) is 17.3 Å². The molecule has 0 amide bonds. The quantitative estimate of drug-likeness (QED) is 0.547. The van der Waals surface area contributed by atoms with E-state index in [0.29, 0.717) is 11.4 Å². The molecule has 9 heteroatoms. The van der Waals surface area contributed by atoms with Crippen LogP contribution in [0.5, 0.6) is 5.75 Å². The highest BCUT2D eigenvalue weighted by molar-refractivity contribution is 5.30. The van der Waals surface area contributed by atoms with E-state index in [1.165, 1.54) is 4.68 Å². The lowest BCUT2D eigenvalue weighted by atomic mass is 9.89. The number of ether oxygens (including phenoxy) is 2. The van der Waals surface area contributed by atoms with Gasteiger partial charge in [0.15, 0.2) is 0 Å². The Kier molecular flexibility index (Phi) is 5.30. The van der Waals surface area contributed by atoms with Gasteiger partial charge in [0.2, 0.25) is 0 Å². The fraction of sp³-hybridized carbons (Fsp3) is 0.500. The smallest absolute Gasteiger partial charge is 0.118 e. The second kappa shape index (κ2) is 7.46. The van der Waals surface area contributed by atoms with E-state index < -0.39 is 37.1 Å². The van der Waals surface area contributed by atoms with Gasteiger partial charge in [0.25, 0.3) is 0 Å². The molecular formula is C16H22N4O5. The molecule has 1 aliphatic heterocycles. The van der Waals surface area contributed by atoms with Crippen LogP contribution in [-0.4, -0.2) is 62.3 Å². The largest absolute Gasteiger partial charge is 0.497 e. The lowest BCUT2D eigenvalue weighted by Gasteiger charge is -2.42. The molecule has 1 aliphatic rings. The fourth-order valence-electron chi connectivity index (χ4n) is 3.02. The van der Waals surface area contributed by atoms with Gasteiger partial charge >= 0.3 is 0 Å². The Bertz CT molecular complexity index is 692. The van der Waals surface area contributed by atoms with E-state index in [9.17, 15) is 15.3 Å². The van der Waals surface area contributed by atoms with Gasteiger partial charge in [0.05, 0.1) is 25.6 Å². The van der Waals surface area contributed by atoms with Crippen LogP contribution in [0.3, 0.4) is 0 Å². The lowest BCUT2D eigenvalue weighted by molar-refractivity contribution is -0.208. The summed E-state index contributed by atoms with van der Waals surface area (Å²) in [6, 6.07) is 6.42. The number of rotatable bonds is 5. The zero-order chi connectivity index (χ0) is 18.0. The number of aromatic nitrogens is 3. The van der Waals surface area contributed by atoms with Crippen LogP contribution >= 0.6 is 0 Å². The van der Waals surface area contributed by atoms with Gasteiger partial charge in [-0.05, 0) is 17.7 Å². The van der Waals surface area contributed by atoms with Crippen molar-refractivity contribution in [2.75, 3.05) is 13.7 Å². The predicted octanol–water partition coefficient (Wildman–Crippen LogP) is -0.859. The molecule has 1 aromatic carbocycles. The Morgan fingerprint density at radius 2 is 1.96 bits per heavy atom. The molecule has 2 heterocycles. The molecule has 25 heavy (non-hydrogen) atoms. The molecule has 136 valence electrons. The number of aliphatic hydroxyl groups excluding tert-OH is 3. The van der Waals surface area contributed by atoms with Crippen molar-refractivity contribution in [1.29, 1.82) is 0 Å². The van der Waals surface area contributed by atoms with E-state index in [2.05, 4.69) is 10.3 Å². The summed E-state index contributed by atoms with van der Waals surface area (Å²) in [6.07, 6.45) is -2.40. The van der Waals surface area contributed by atoms with Crippen molar-refractivity contribution < 1.29 is 24.8 Å². The number of nitrogens with zero attached hydrogens (tertiary/aromatic N) is 3. The minimum atomic E-state index is -1.25. The Morgan fingerprint density at radius 1 is 1.24 bits per heavy atom. The third-order valence-electron chi connectivity index (χ3n) is 4.41. The predicted molar refractivity (Wildman–Crippen MR) is 86.7 cm³/mol. The van der Waals surface area contributed by atoms with Gasteiger partial charge in [-0.15, -0.1) is 5.10 Å². The minimum absolute atomic E-state index is 0.207. The third-order valence-corrected chi connectivity index (χ3v) is 4.41. The molecule has 0 radical (unpaired) electrons. The van der Waals surface area contributed by atoms with Crippen molar-refractivity contribution in [1.82, 2.24) is 15.0 Å². The molecule has 3 rings (SSSR count). The van der Waals surface area contributed by atoms with E-state index in [1.54, 1.807) is 37.6 Å². The maximum atomic E-state index is 10.6. The maximum absolute atomic E-state index is 10.6. The first kappa shape index (κ1) is 17.8. The van der Waals surface area contributed by atoms with Crippen LogP contribution in [0, 0.1) is 0 Å². The van der Waals surface area contributed by atoms with Crippen LogP contribution in [0.1, 0.15) is 23.4 Å². The van der Waals surface area contributed by atoms with E-state index in [-0.39, 0.29) is 6.54 Å². The highest BCUT2D eigenvalue weighted by atomic mass is 16.5. The first-order valence-electron chi connectivity index (χ1n) is 7.96. The zero-order valence-electron chi connectivity index (χ0n) is 13.8. The van der Waals surface area contributed by atoms with Crippen molar-refractivity contribution in [3.8, 4) is 5.75 Å². The number of methoxy groups -OCH3 is 1. The van der Waals surface area contributed by atoms with Gasteiger partial charge in [0, 0.05) is 6.54 Å².